The van der Waals surface area contributed by atoms with E-state index in [4.69, 9.17) is 9.90 Å². The lowest BCUT2D eigenvalue weighted by atomic mass is 10.2. The summed E-state index contributed by atoms with van der Waals surface area (Å²) in [5, 5.41) is 9.95. The average Bonchev–Trinajstić information content (AvgIpc) is 3.18. The molecule has 2 N–H and O–H groups in total. The highest BCUT2D eigenvalue weighted by Gasteiger charge is 2.38. The van der Waals surface area contributed by atoms with Crippen LogP contribution in [0.15, 0.2) is 60.0 Å². The number of nitrogens with zero attached hydrogens (tertiary/aromatic N) is 4. The molecule has 3 aromatic rings. The van der Waals surface area contributed by atoms with Gasteiger partial charge in [-0.15, -0.1) is 0 Å². The van der Waals surface area contributed by atoms with Gasteiger partial charge in [-0.1, -0.05) is 12.1 Å². The summed E-state index contributed by atoms with van der Waals surface area (Å²) in [4.78, 5) is 29.9. The van der Waals surface area contributed by atoms with Crippen molar-refractivity contribution in [3.8, 4) is 5.69 Å². The molecule has 1 aliphatic rings. The quantitative estimate of drug-likeness (QED) is 0.565. The molecule has 1 aliphatic heterocycles. The number of rotatable bonds is 3. The van der Waals surface area contributed by atoms with Crippen LogP contribution in [0.2, 0.25) is 0 Å². The van der Waals surface area contributed by atoms with E-state index in [-0.39, 0.29) is 23.0 Å². The number of imidazole rings is 1. The smallest absolute Gasteiger partial charge is 0.475 e. The molecule has 0 atom stereocenters. The monoisotopic (exact) mass is 497 g/mol. The van der Waals surface area contributed by atoms with Gasteiger partial charge in [0.05, 0.1) is 17.9 Å². The Morgan fingerprint density at radius 3 is 2.38 bits per heavy atom. The summed E-state index contributed by atoms with van der Waals surface area (Å²) in [7, 11) is -2.15. The van der Waals surface area contributed by atoms with E-state index in [2.05, 4.69) is 15.3 Å². The van der Waals surface area contributed by atoms with E-state index in [0.29, 0.717) is 17.9 Å². The van der Waals surface area contributed by atoms with Gasteiger partial charge in [-0.05, 0) is 29.8 Å². The predicted molar refractivity (Wildman–Crippen MR) is 111 cm³/mol. The highest BCUT2D eigenvalue weighted by molar-refractivity contribution is 7.89. The number of carboxylic acids is 1. The molecule has 1 amide bonds. The minimum absolute atomic E-state index is 0.0506. The van der Waals surface area contributed by atoms with Gasteiger partial charge >= 0.3 is 12.1 Å². The molecule has 2 aromatic heterocycles. The zero-order chi connectivity index (χ0) is 25.1. The molecule has 10 nitrogen and oxygen atoms in total. The van der Waals surface area contributed by atoms with Gasteiger partial charge in [-0.2, -0.15) is 17.5 Å². The number of aliphatic carboxylic acids is 1. The highest BCUT2D eigenvalue weighted by Crippen LogP contribution is 2.30. The Morgan fingerprint density at radius 1 is 1.15 bits per heavy atom. The topological polar surface area (TPSA) is 134 Å². The second-order valence-corrected chi connectivity index (χ2v) is 8.99. The van der Waals surface area contributed by atoms with Crippen LogP contribution in [0.4, 0.5) is 13.2 Å². The van der Waals surface area contributed by atoms with Crippen LogP contribution in [0.5, 0.6) is 0 Å². The van der Waals surface area contributed by atoms with Crippen molar-refractivity contribution in [3.63, 3.8) is 0 Å². The summed E-state index contributed by atoms with van der Waals surface area (Å²) in [6.45, 7) is 0.382. The average molecular weight is 497 g/mol. The fraction of sp³-hybridized carbons (Fsp3) is 0.200. The maximum Gasteiger partial charge on any atom is 0.490 e. The number of carboxylic acid groups (broad SMARTS) is 1. The van der Waals surface area contributed by atoms with Crippen LogP contribution in [0.25, 0.3) is 5.69 Å². The number of para-hydroxylation sites is 1. The van der Waals surface area contributed by atoms with Gasteiger partial charge in [-0.25, -0.2) is 18.2 Å². The number of hydrogen-bond acceptors (Lipinski definition) is 6. The van der Waals surface area contributed by atoms with Crippen molar-refractivity contribution >= 4 is 21.9 Å². The van der Waals surface area contributed by atoms with Gasteiger partial charge in [0.25, 0.3) is 5.91 Å². The molecule has 0 saturated heterocycles. The first-order valence-electron chi connectivity index (χ1n) is 9.52. The lowest BCUT2D eigenvalue weighted by Gasteiger charge is -2.14. The Hall–Kier alpha value is -3.78. The summed E-state index contributed by atoms with van der Waals surface area (Å²) in [6.07, 6.45) is -0.286. The van der Waals surface area contributed by atoms with E-state index in [1.165, 1.54) is 17.7 Å². The van der Waals surface area contributed by atoms with Gasteiger partial charge in [0.15, 0.2) is 5.69 Å². The first-order chi connectivity index (χ1) is 15.9. The second-order valence-electron chi connectivity index (χ2n) is 6.98. The van der Waals surface area contributed by atoms with Crippen molar-refractivity contribution in [2.45, 2.75) is 24.2 Å². The van der Waals surface area contributed by atoms with Crippen LogP contribution >= 0.6 is 0 Å². The van der Waals surface area contributed by atoms with E-state index >= 15 is 0 Å². The molecule has 3 heterocycles. The van der Waals surface area contributed by atoms with Crippen molar-refractivity contribution < 1.29 is 36.3 Å². The predicted octanol–water partition coefficient (Wildman–Crippen LogP) is 1.96. The number of alkyl halides is 3. The molecule has 0 spiro atoms. The molecule has 0 aliphatic carbocycles. The molecule has 0 radical (unpaired) electrons. The highest BCUT2D eigenvalue weighted by atomic mass is 32.2. The second kappa shape index (κ2) is 9.61. The summed E-state index contributed by atoms with van der Waals surface area (Å²) in [5.74, 6) is -3.11. The minimum atomic E-state index is -5.08. The molecular weight excluding hydrogens is 479 g/mol. The van der Waals surface area contributed by atoms with E-state index in [0.717, 1.165) is 5.56 Å². The number of carbonyl (C=O) groups is 2. The van der Waals surface area contributed by atoms with Crippen molar-refractivity contribution in [3.05, 3.63) is 72.1 Å². The number of halogens is 3. The largest absolute Gasteiger partial charge is 0.490 e. The number of nitrogens with one attached hydrogen (secondary N) is 1. The number of hydrogen-bond donors (Lipinski definition) is 2. The third-order valence-electron chi connectivity index (χ3n) is 4.71. The third-order valence-corrected chi connectivity index (χ3v) is 6.56. The van der Waals surface area contributed by atoms with Crippen LogP contribution < -0.4 is 5.32 Å². The Kier molecular flexibility index (Phi) is 7.02. The van der Waals surface area contributed by atoms with Crippen LogP contribution in [-0.4, -0.2) is 57.5 Å². The number of sulfonamides is 1. The SMILES string of the molecule is CN1Cc2c(C(=O)NCc3ccncc3)ncn2-c2ccccc2S1(=O)=O.O=C(O)C(F)(F)F. The summed E-state index contributed by atoms with van der Waals surface area (Å²) in [5.41, 5.74) is 2.13. The fourth-order valence-corrected chi connectivity index (χ4v) is 4.34. The lowest BCUT2D eigenvalue weighted by molar-refractivity contribution is -0.192. The van der Waals surface area contributed by atoms with E-state index in [1.807, 2.05) is 12.1 Å². The Bertz CT molecular complexity index is 1310. The molecule has 4 rings (SSSR count). The van der Waals surface area contributed by atoms with Gasteiger partial charge in [0, 0.05) is 26.0 Å². The molecule has 1 aromatic carbocycles. The maximum absolute atomic E-state index is 12.8. The van der Waals surface area contributed by atoms with Crippen LogP contribution in [0.1, 0.15) is 21.7 Å². The molecule has 34 heavy (non-hydrogen) atoms. The first-order valence-corrected chi connectivity index (χ1v) is 11.0. The summed E-state index contributed by atoms with van der Waals surface area (Å²) >= 11 is 0. The van der Waals surface area contributed by atoms with Crippen LogP contribution in [-0.2, 0) is 27.9 Å². The summed E-state index contributed by atoms with van der Waals surface area (Å²) in [6, 6.07) is 10.3. The van der Waals surface area contributed by atoms with Crippen molar-refractivity contribution in [2.75, 3.05) is 7.05 Å². The first kappa shape index (κ1) is 24.9. The Balaban J connectivity index is 0.000000406. The van der Waals surface area contributed by atoms with Gasteiger partial charge < -0.3 is 10.4 Å². The van der Waals surface area contributed by atoms with E-state index in [9.17, 15) is 26.4 Å². The van der Waals surface area contributed by atoms with Gasteiger partial charge in [0.1, 0.15) is 11.2 Å². The van der Waals surface area contributed by atoms with Gasteiger partial charge in [-0.3, -0.25) is 14.3 Å². The van der Waals surface area contributed by atoms with E-state index < -0.39 is 22.2 Å². The zero-order valence-corrected chi connectivity index (χ0v) is 18.3. The number of aromatic nitrogens is 3. The molecule has 0 bridgehead atoms. The number of benzene rings is 1. The van der Waals surface area contributed by atoms with Crippen molar-refractivity contribution in [2.24, 2.45) is 0 Å². The molecule has 0 unspecified atom stereocenters. The lowest BCUT2D eigenvalue weighted by Crippen LogP contribution is -2.28. The number of pyridine rings is 1. The number of carbonyl (C=O) groups excluding carboxylic acids is 1. The minimum Gasteiger partial charge on any atom is -0.475 e. The van der Waals surface area contributed by atoms with Crippen LogP contribution in [0.3, 0.4) is 0 Å². The maximum atomic E-state index is 12.8. The standard InChI is InChI=1S/C18H17N5O3S.C2HF3O2/c1-22-11-15-17(18(24)20-10-13-6-8-19-9-7-13)21-12-23(15)14-4-2-3-5-16(14)27(22,25)26;3-2(4,5)1(6)7/h2-9,12H,10-11H2,1H3,(H,20,24);(H,6,7). The molecule has 0 fully saturated rings. The van der Waals surface area contributed by atoms with Crippen molar-refractivity contribution in [1.82, 2.24) is 24.2 Å². The van der Waals surface area contributed by atoms with Gasteiger partial charge in [0.2, 0.25) is 10.0 Å². The summed E-state index contributed by atoms with van der Waals surface area (Å²) < 4.78 is 60.2. The molecular formula is C20H18F3N5O5S. The zero-order valence-electron chi connectivity index (χ0n) is 17.5. The number of amides is 1. The Morgan fingerprint density at radius 2 is 1.76 bits per heavy atom. The normalized spacial score (nSPS) is 14.6. The van der Waals surface area contributed by atoms with Crippen molar-refractivity contribution in [1.29, 1.82) is 0 Å². The molecule has 180 valence electrons. The fourth-order valence-electron chi connectivity index (χ4n) is 3.03. The van der Waals surface area contributed by atoms with Crippen LogP contribution in [0, 0.1) is 0 Å². The van der Waals surface area contributed by atoms with E-state index in [1.54, 1.807) is 41.2 Å². The Labute approximate surface area is 191 Å². The molecule has 14 heteroatoms. The number of fused-ring (bicyclic) bond motifs is 3. The third kappa shape index (κ3) is 5.23. The molecule has 0 saturated carbocycles.